The highest BCUT2D eigenvalue weighted by Crippen LogP contribution is 2.29. The first-order valence-electron chi connectivity index (χ1n) is 15.7. The monoisotopic (exact) mass is 759 g/mol. The number of amides is 3. The minimum atomic E-state index is -3.73. The van der Waals surface area contributed by atoms with Crippen LogP contribution in [0, 0.1) is 5.82 Å². The second kappa shape index (κ2) is 16.5. The van der Waals surface area contributed by atoms with Gasteiger partial charge in [-0.2, -0.15) is 0 Å². The summed E-state index contributed by atoms with van der Waals surface area (Å²) in [4.78, 5) is 29.7. The Morgan fingerprint density at radius 1 is 0.902 bits per heavy atom. The van der Waals surface area contributed by atoms with Gasteiger partial charge in [-0.3, -0.25) is 19.3 Å². The summed E-state index contributed by atoms with van der Waals surface area (Å²) in [5, 5.41) is 2.80. The molecule has 5 rings (SSSR count). The van der Waals surface area contributed by atoms with Crippen LogP contribution in [0.5, 0.6) is 11.5 Å². The van der Waals surface area contributed by atoms with E-state index in [1.54, 1.807) is 23.1 Å². The third-order valence-electron chi connectivity index (χ3n) is 7.98. The number of hydrogen-bond acceptors (Lipinski definition) is 8. The summed E-state index contributed by atoms with van der Waals surface area (Å²) >= 11 is 0. The Morgan fingerprint density at radius 3 is 2.16 bits per heavy atom. The number of para-hydroxylation sites is 1. The molecular weight excluding hydrogens is 721 g/mol. The Kier molecular flexibility index (Phi) is 12.7. The Hall–Kier alpha value is -4.70. The number of likely N-dealkylation sites (tertiary alicyclic amines) is 1. The second-order valence-corrected chi connectivity index (χ2v) is 16.1. The number of primary amides is 1. The van der Waals surface area contributed by atoms with E-state index in [4.69, 9.17) is 10.5 Å². The van der Waals surface area contributed by atoms with Crippen LogP contribution in [0.15, 0.2) is 91.0 Å². The molecule has 12 nitrogen and oxygen atoms in total. The lowest BCUT2D eigenvalue weighted by Crippen LogP contribution is -2.49. The topological polar surface area (TPSA) is 168 Å². The molecule has 0 radical (unpaired) electrons. The van der Waals surface area contributed by atoms with Gasteiger partial charge in [-0.1, -0.05) is 36.4 Å². The van der Waals surface area contributed by atoms with Crippen LogP contribution in [-0.2, 0) is 32.2 Å². The van der Waals surface area contributed by atoms with Gasteiger partial charge in [0, 0.05) is 43.3 Å². The van der Waals surface area contributed by atoms with E-state index in [-0.39, 0.29) is 46.9 Å². The molecule has 51 heavy (non-hydrogen) atoms. The molecule has 16 heteroatoms. The van der Waals surface area contributed by atoms with Gasteiger partial charge >= 0.3 is 6.03 Å². The van der Waals surface area contributed by atoms with Crippen molar-refractivity contribution in [2.24, 2.45) is 5.73 Å². The molecule has 0 bridgehead atoms. The minimum Gasteiger partial charge on any atom is -0.457 e. The molecule has 0 aliphatic carbocycles. The fraction of sp³-hybridized carbons (Fsp3) is 0.257. The van der Waals surface area contributed by atoms with Crippen molar-refractivity contribution in [1.29, 1.82) is 0 Å². The fourth-order valence-corrected chi connectivity index (χ4v) is 7.12. The van der Waals surface area contributed by atoms with Crippen LogP contribution in [0.25, 0.3) is 0 Å². The van der Waals surface area contributed by atoms with E-state index in [9.17, 15) is 30.8 Å². The van der Waals surface area contributed by atoms with Crippen molar-refractivity contribution in [3.05, 3.63) is 114 Å². The zero-order valence-electron chi connectivity index (χ0n) is 27.9. The number of carbonyl (C=O) groups excluding carboxylic acids is 2. The van der Waals surface area contributed by atoms with Crippen LogP contribution in [0.4, 0.5) is 26.2 Å². The van der Waals surface area contributed by atoms with Gasteiger partial charge in [0.25, 0.3) is 5.91 Å². The number of rotatable bonds is 12. The molecule has 272 valence electrons. The molecule has 1 aliphatic heterocycles. The van der Waals surface area contributed by atoms with Gasteiger partial charge in [0.05, 0.1) is 23.3 Å². The SMILES string of the molecule is CS(=O)(=O)Cc1ccc(Oc2ccc(CN3CCC(N(C(=O)Nc4ccc(F)c(NS(C)(=O)=O)c4)c4ccccc4)CC3)cc2)c(C(N)=O)c1.Cl. The van der Waals surface area contributed by atoms with Crippen LogP contribution >= 0.6 is 12.4 Å². The van der Waals surface area contributed by atoms with E-state index in [2.05, 4.69) is 14.9 Å². The molecule has 0 saturated carbocycles. The number of hydrogen-bond donors (Lipinski definition) is 3. The maximum atomic E-state index is 14.3. The van der Waals surface area contributed by atoms with Crippen LogP contribution in [-0.4, -0.2) is 65.3 Å². The standard InChI is InChI=1S/C35H38FN5O7S2.ClH/c1-49(44,45)23-25-10-15-33(30(20-25)34(37)42)48-29-12-8-24(9-13-29)22-40-18-16-28(17-19-40)41(27-6-4-3-5-7-27)35(43)38-26-11-14-31(36)32(21-26)39-50(2,46)47;/h3-15,20-21,28,39H,16-19,22-23H2,1-2H3,(H2,37,42)(H,38,43);1H. The van der Waals surface area contributed by atoms with Gasteiger partial charge in [-0.15, -0.1) is 12.4 Å². The summed E-state index contributed by atoms with van der Waals surface area (Å²) in [6.45, 7) is 2.07. The lowest BCUT2D eigenvalue weighted by atomic mass is 10.0. The third kappa shape index (κ3) is 11.1. The smallest absolute Gasteiger partial charge is 0.326 e. The third-order valence-corrected chi connectivity index (χ3v) is 9.43. The molecule has 0 unspecified atom stereocenters. The molecule has 4 N–H and O–H groups in total. The van der Waals surface area contributed by atoms with Crippen LogP contribution in [0.3, 0.4) is 0 Å². The summed E-state index contributed by atoms with van der Waals surface area (Å²) in [5.41, 5.74) is 7.76. The first-order chi connectivity index (χ1) is 23.6. The lowest BCUT2D eigenvalue weighted by Gasteiger charge is -2.38. The van der Waals surface area contributed by atoms with Gasteiger partial charge in [0.2, 0.25) is 10.0 Å². The molecule has 1 fully saturated rings. The maximum absolute atomic E-state index is 14.3. The van der Waals surface area contributed by atoms with E-state index in [0.717, 1.165) is 24.1 Å². The molecule has 1 aliphatic rings. The summed E-state index contributed by atoms with van der Waals surface area (Å²) < 4.78 is 69.0. The molecule has 0 spiro atoms. The van der Waals surface area contributed by atoms with Crippen molar-refractivity contribution in [3.8, 4) is 11.5 Å². The highest BCUT2D eigenvalue weighted by atomic mass is 35.5. The molecule has 0 atom stereocenters. The van der Waals surface area contributed by atoms with Crippen molar-refractivity contribution in [2.75, 3.05) is 40.5 Å². The van der Waals surface area contributed by atoms with E-state index in [1.165, 1.54) is 24.3 Å². The molecule has 4 aromatic carbocycles. The first-order valence-corrected chi connectivity index (χ1v) is 19.6. The predicted molar refractivity (Wildman–Crippen MR) is 198 cm³/mol. The van der Waals surface area contributed by atoms with Crippen LogP contribution < -0.4 is 25.4 Å². The lowest BCUT2D eigenvalue weighted by molar-refractivity contribution is 0.0998. The van der Waals surface area contributed by atoms with Crippen molar-refractivity contribution >= 4 is 61.3 Å². The summed E-state index contributed by atoms with van der Waals surface area (Å²) in [6.07, 6.45) is 3.39. The normalized spacial score (nSPS) is 13.9. The number of urea groups is 1. The van der Waals surface area contributed by atoms with Crippen LogP contribution in [0.2, 0.25) is 0 Å². The molecule has 1 saturated heterocycles. The molecule has 1 heterocycles. The number of anilines is 3. The minimum absolute atomic E-state index is 0. The van der Waals surface area contributed by atoms with Gasteiger partial charge in [0.1, 0.15) is 17.3 Å². The van der Waals surface area contributed by atoms with Crippen molar-refractivity contribution in [1.82, 2.24) is 4.90 Å². The van der Waals surface area contributed by atoms with Crippen molar-refractivity contribution in [2.45, 2.75) is 31.2 Å². The number of sulfonamides is 1. The number of sulfone groups is 1. The number of piperidine rings is 1. The van der Waals surface area contributed by atoms with Crippen molar-refractivity contribution < 1.29 is 35.6 Å². The number of nitrogens with two attached hydrogens (primary N) is 1. The Bertz CT molecular complexity index is 2080. The molecule has 3 amide bonds. The van der Waals surface area contributed by atoms with E-state index in [0.29, 0.717) is 49.5 Å². The van der Waals surface area contributed by atoms with Gasteiger partial charge in [0.15, 0.2) is 9.84 Å². The van der Waals surface area contributed by atoms with Gasteiger partial charge in [-0.25, -0.2) is 26.0 Å². The molecule has 4 aromatic rings. The Balaban J connectivity index is 0.00000583. The second-order valence-electron chi connectivity index (χ2n) is 12.2. The predicted octanol–water partition coefficient (Wildman–Crippen LogP) is 5.76. The average molecular weight is 760 g/mol. The number of nitrogens with zero attached hydrogens (tertiary/aromatic N) is 2. The summed E-state index contributed by atoms with van der Waals surface area (Å²) in [7, 11) is -7.03. The van der Waals surface area contributed by atoms with E-state index in [1.807, 2.05) is 42.5 Å². The fourth-order valence-electron chi connectivity index (χ4n) is 5.78. The van der Waals surface area contributed by atoms with E-state index < -0.39 is 37.6 Å². The number of benzene rings is 4. The summed E-state index contributed by atoms with van der Waals surface area (Å²) in [5.74, 6) is -1.01. The van der Waals surface area contributed by atoms with Gasteiger partial charge < -0.3 is 15.8 Å². The van der Waals surface area contributed by atoms with Crippen LogP contribution in [0.1, 0.15) is 34.3 Å². The van der Waals surface area contributed by atoms with Gasteiger partial charge in [-0.05, 0) is 78.6 Å². The Labute approximate surface area is 303 Å². The largest absolute Gasteiger partial charge is 0.457 e. The zero-order valence-corrected chi connectivity index (χ0v) is 30.4. The first kappa shape index (κ1) is 39.1. The maximum Gasteiger partial charge on any atom is 0.326 e. The number of nitrogens with one attached hydrogen (secondary N) is 2. The molecule has 0 aromatic heterocycles. The summed E-state index contributed by atoms with van der Waals surface area (Å²) in [6, 6.07) is 24.3. The van der Waals surface area contributed by atoms with E-state index >= 15 is 0 Å². The number of carbonyl (C=O) groups is 2. The highest BCUT2D eigenvalue weighted by molar-refractivity contribution is 7.92. The highest BCUT2D eigenvalue weighted by Gasteiger charge is 2.29. The average Bonchev–Trinajstić information content (AvgIpc) is 3.04. The zero-order chi connectivity index (χ0) is 36.1. The van der Waals surface area contributed by atoms with Crippen molar-refractivity contribution in [3.63, 3.8) is 0 Å². The molecular formula is C35H39ClFN5O7S2. The number of halogens is 2. The number of ether oxygens (including phenoxy) is 1. The quantitative estimate of drug-likeness (QED) is 0.164. The Morgan fingerprint density at radius 2 is 1.55 bits per heavy atom.